The van der Waals surface area contributed by atoms with Gasteiger partial charge in [0.2, 0.25) is 0 Å². The normalized spacial score (nSPS) is 12.6. The third-order valence-electron chi connectivity index (χ3n) is 2.68. The molecule has 0 spiro atoms. The van der Waals surface area contributed by atoms with Gasteiger partial charge in [0.25, 0.3) is 0 Å². The molecule has 0 amide bonds. The van der Waals surface area contributed by atoms with E-state index in [2.05, 4.69) is 31.2 Å². The summed E-state index contributed by atoms with van der Waals surface area (Å²) in [4.78, 5) is 2.24. The molecule has 0 N–H and O–H groups in total. The van der Waals surface area contributed by atoms with E-state index in [0.717, 1.165) is 22.0 Å². The topological polar surface area (TPSA) is 3.24 Å². The van der Waals surface area contributed by atoms with Crippen LogP contribution in [0.5, 0.6) is 0 Å². The van der Waals surface area contributed by atoms with Crippen molar-refractivity contribution in [3.63, 3.8) is 0 Å². The number of rotatable bonds is 5. The average molecular weight is 278 g/mol. The van der Waals surface area contributed by atoms with Crippen LogP contribution in [0.1, 0.15) is 12.5 Å². The zero-order chi connectivity index (χ0) is 12.1. The van der Waals surface area contributed by atoms with Crippen molar-refractivity contribution in [1.29, 1.82) is 0 Å². The molecular weight excluding hydrogens is 261 g/mol. The smallest absolute Gasteiger partial charge is 0.0509 e. The van der Waals surface area contributed by atoms with E-state index in [-0.39, 0.29) is 0 Å². The Bertz CT molecular complexity index is 344. The van der Waals surface area contributed by atoms with Gasteiger partial charge in [-0.05, 0) is 25.3 Å². The molecule has 1 unspecified atom stereocenters. The van der Waals surface area contributed by atoms with Gasteiger partial charge in [0.05, 0.1) is 5.88 Å². The molecule has 0 saturated carbocycles. The molecular formula is C12H17Cl2NS. The fourth-order valence-corrected chi connectivity index (χ4v) is 2.89. The van der Waals surface area contributed by atoms with E-state index >= 15 is 0 Å². The molecule has 1 nitrogen and oxygen atoms in total. The summed E-state index contributed by atoms with van der Waals surface area (Å²) in [5, 5.41) is 0.746. The molecule has 16 heavy (non-hydrogen) atoms. The first-order chi connectivity index (χ1) is 7.61. The Morgan fingerprint density at radius 3 is 2.69 bits per heavy atom. The summed E-state index contributed by atoms with van der Waals surface area (Å²) in [5.74, 6) is 1.54. The van der Waals surface area contributed by atoms with E-state index in [9.17, 15) is 0 Å². The first kappa shape index (κ1) is 14.0. The minimum Gasteiger partial charge on any atom is -0.371 e. The maximum absolute atomic E-state index is 6.14. The number of halogens is 2. The SMILES string of the molecule is CSCC(C)N(C)c1cccc(Cl)c1CCl. The standard InChI is InChI=1S/C12H17Cl2NS/c1-9(8-16-3)15(2)12-6-4-5-11(14)10(12)7-13/h4-6,9H,7-8H2,1-3H3. The van der Waals surface area contributed by atoms with Gasteiger partial charge in [0, 0.05) is 35.1 Å². The molecule has 0 aromatic heterocycles. The Labute approximate surface area is 112 Å². The number of hydrogen-bond acceptors (Lipinski definition) is 2. The molecule has 0 fully saturated rings. The maximum atomic E-state index is 6.14. The molecule has 1 rings (SSSR count). The summed E-state index contributed by atoms with van der Waals surface area (Å²) in [6.07, 6.45) is 2.12. The van der Waals surface area contributed by atoms with Crippen molar-refractivity contribution in [2.24, 2.45) is 0 Å². The van der Waals surface area contributed by atoms with Gasteiger partial charge in [-0.15, -0.1) is 11.6 Å². The van der Waals surface area contributed by atoms with Crippen molar-refractivity contribution < 1.29 is 0 Å². The van der Waals surface area contributed by atoms with Gasteiger partial charge in [0.1, 0.15) is 0 Å². The van der Waals surface area contributed by atoms with Crippen molar-refractivity contribution in [2.75, 3.05) is 24.0 Å². The Balaban J connectivity index is 2.98. The van der Waals surface area contributed by atoms with Crippen molar-refractivity contribution in [3.05, 3.63) is 28.8 Å². The van der Waals surface area contributed by atoms with E-state index in [1.54, 1.807) is 0 Å². The van der Waals surface area contributed by atoms with Crippen molar-refractivity contribution in [2.45, 2.75) is 18.8 Å². The van der Waals surface area contributed by atoms with Gasteiger partial charge in [-0.2, -0.15) is 11.8 Å². The second-order valence-electron chi connectivity index (χ2n) is 3.79. The molecule has 1 aromatic rings. The Morgan fingerprint density at radius 2 is 2.12 bits per heavy atom. The number of nitrogens with zero attached hydrogens (tertiary/aromatic N) is 1. The molecule has 0 aliphatic rings. The quantitative estimate of drug-likeness (QED) is 0.740. The third kappa shape index (κ3) is 3.22. The lowest BCUT2D eigenvalue weighted by atomic mass is 10.1. The highest BCUT2D eigenvalue weighted by Gasteiger charge is 2.14. The molecule has 0 saturated heterocycles. The second-order valence-corrected chi connectivity index (χ2v) is 5.37. The van der Waals surface area contributed by atoms with Gasteiger partial charge in [0.15, 0.2) is 0 Å². The minimum absolute atomic E-state index is 0.450. The summed E-state index contributed by atoms with van der Waals surface area (Å²) < 4.78 is 0. The summed E-state index contributed by atoms with van der Waals surface area (Å²) in [7, 11) is 2.09. The summed E-state index contributed by atoms with van der Waals surface area (Å²) in [5.41, 5.74) is 2.14. The first-order valence-electron chi connectivity index (χ1n) is 5.17. The first-order valence-corrected chi connectivity index (χ1v) is 7.47. The van der Waals surface area contributed by atoms with Crippen LogP contribution in [-0.4, -0.2) is 25.1 Å². The summed E-state index contributed by atoms with van der Waals surface area (Å²) in [6, 6.07) is 6.39. The van der Waals surface area contributed by atoms with Crippen molar-refractivity contribution >= 4 is 40.7 Å². The van der Waals surface area contributed by atoms with Crippen LogP contribution in [0.15, 0.2) is 18.2 Å². The summed E-state index contributed by atoms with van der Waals surface area (Å²) >= 11 is 13.9. The van der Waals surface area contributed by atoms with Gasteiger partial charge in [-0.25, -0.2) is 0 Å². The van der Waals surface area contributed by atoms with E-state index in [1.807, 2.05) is 23.9 Å². The molecule has 0 heterocycles. The fraction of sp³-hybridized carbons (Fsp3) is 0.500. The lowest BCUT2D eigenvalue weighted by Crippen LogP contribution is -2.31. The van der Waals surface area contributed by atoms with Crippen LogP contribution in [-0.2, 0) is 5.88 Å². The monoisotopic (exact) mass is 277 g/mol. The largest absolute Gasteiger partial charge is 0.371 e. The maximum Gasteiger partial charge on any atom is 0.0509 e. The van der Waals surface area contributed by atoms with E-state index in [0.29, 0.717) is 11.9 Å². The van der Waals surface area contributed by atoms with Crippen LogP contribution in [0.4, 0.5) is 5.69 Å². The zero-order valence-corrected chi connectivity index (χ0v) is 12.2. The van der Waals surface area contributed by atoms with Crippen LogP contribution >= 0.6 is 35.0 Å². The minimum atomic E-state index is 0.450. The number of anilines is 1. The second kappa shape index (κ2) is 6.63. The zero-order valence-electron chi connectivity index (χ0n) is 9.84. The predicted octanol–water partition coefficient (Wildman–Crippen LogP) is 4.27. The molecule has 0 bridgehead atoms. The predicted molar refractivity (Wildman–Crippen MR) is 77.3 cm³/mol. The van der Waals surface area contributed by atoms with Gasteiger partial charge < -0.3 is 4.90 Å². The molecule has 0 radical (unpaired) electrons. The Morgan fingerprint density at radius 1 is 1.44 bits per heavy atom. The fourth-order valence-electron chi connectivity index (χ4n) is 1.60. The molecule has 1 aromatic carbocycles. The highest BCUT2D eigenvalue weighted by atomic mass is 35.5. The van der Waals surface area contributed by atoms with Gasteiger partial charge in [-0.1, -0.05) is 17.7 Å². The highest BCUT2D eigenvalue weighted by molar-refractivity contribution is 7.98. The van der Waals surface area contributed by atoms with E-state index < -0.39 is 0 Å². The van der Waals surface area contributed by atoms with E-state index in [1.165, 1.54) is 0 Å². The number of alkyl halides is 1. The van der Waals surface area contributed by atoms with Crippen molar-refractivity contribution in [3.8, 4) is 0 Å². The van der Waals surface area contributed by atoms with Crippen LogP contribution in [0, 0.1) is 0 Å². The van der Waals surface area contributed by atoms with E-state index in [4.69, 9.17) is 23.2 Å². The summed E-state index contributed by atoms with van der Waals surface area (Å²) in [6.45, 7) is 2.20. The molecule has 4 heteroatoms. The van der Waals surface area contributed by atoms with Crippen molar-refractivity contribution in [1.82, 2.24) is 0 Å². The number of hydrogen-bond donors (Lipinski definition) is 0. The van der Waals surface area contributed by atoms with Crippen LogP contribution in [0.3, 0.4) is 0 Å². The Hall–Kier alpha value is -0.0500. The lowest BCUT2D eigenvalue weighted by Gasteiger charge is -2.28. The lowest BCUT2D eigenvalue weighted by molar-refractivity contribution is 0.762. The molecule has 1 atom stereocenters. The van der Waals surface area contributed by atoms with Crippen LogP contribution in [0.2, 0.25) is 5.02 Å². The molecule has 0 aliphatic heterocycles. The highest BCUT2D eigenvalue weighted by Crippen LogP contribution is 2.29. The Kier molecular flexibility index (Phi) is 5.81. The third-order valence-corrected chi connectivity index (χ3v) is 4.11. The number of thioether (sulfide) groups is 1. The molecule has 0 aliphatic carbocycles. The van der Waals surface area contributed by atoms with Crippen LogP contribution in [0.25, 0.3) is 0 Å². The van der Waals surface area contributed by atoms with Gasteiger partial charge in [-0.3, -0.25) is 0 Å². The number of benzene rings is 1. The van der Waals surface area contributed by atoms with Crippen LogP contribution < -0.4 is 4.90 Å². The van der Waals surface area contributed by atoms with Gasteiger partial charge >= 0.3 is 0 Å². The average Bonchev–Trinajstić information content (AvgIpc) is 2.28. The molecule has 90 valence electrons.